The second-order valence-electron chi connectivity index (χ2n) is 4.02. The predicted molar refractivity (Wildman–Crippen MR) is 64.0 cm³/mol. The van der Waals surface area contributed by atoms with Crippen LogP contribution in [0, 0.1) is 13.8 Å². The minimum atomic E-state index is -0.0755. The fourth-order valence-corrected chi connectivity index (χ4v) is 1.73. The molecule has 0 aromatic carbocycles. The summed E-state index contributed by atoms with van der Waals surface area (Å²) in [5.74, 6) is 0.817. The van der Waals surface area contributed by atoms with Gasteiger partial charge in [0.25, 0.3) is 0 Å². The Morgan fingerprint density at radius 3 is 2.82 bits per heavy atom. The molecule has 92 valence electrons. The van der Waals surface area contributed by atoms with Crippen molar-refractivity contribution in [1.29, 1.82) is 0 Å². The molecule has 2 aromatic rings. The van der Waals surface area contributed by atoms with Crippen molar-refractivity contribution in [3.05, 3.63) is 28.9 Å². The van der Waals surface area contributed by atoms with Gasteiger partial charge in [0.15, 0.2) is 0 Å². The normalized spacial score (nSPS) is 12.9. The van der Waals surface area contributed by atoms with Crippen molar-refractivity contribution in [2.75, 3.05) is 0 Å². The first-order chi connectivity index (χ1) is 8.11. The second-order valence-corrected chi connectivity index (χ2v) is 4.55. The lowest BCUT2D eigenvalue weighted by Gasteiger charge is -2.00. The first-order valence-electron chi connectivity index (χ1n) is 5.57. The van der Waals surface area contributed by atoms with Crippen molar-refractivity contribution in [2.45, 2.75) is 39.1 Å². The summed E-state index contributed by atoms with van der Waals surface area (Å²) in [4.78, 5) is 0. The van der Waals surface area contributed by atoms with E-state index in [2.05, 4.69) is 15.5 Å². The summed E-state index contributed by atoms with van der Waals surface area (Å²) in [6.45, 7) is 6.44. The van der Waals surface area contributed by atoms with Gasteiger partial charge in [-0.25, -0.2) is 4.68 Å². The molecule has 0 aliphatic carbocycles. The van der Waals surface area contributed by atoms with Gasteiger partial charge in [-0.05, 0) is 20.3 Å². The number of rotatable bonds is 4. The number of hydrogen-bond donors (Lipinski definition) is 0. The van der Waals surface area contributed by atoms with Crippen molar-refractivity contribution in [3.63, 3.8) is 0 Å². The Morgan fingerprint density at radius 1 is 1.47 bits per heavy atom. The van der Waals surface area contributed by atoms with Gasteiger partial charge < -0.3 is 4.52 Å². The molecule has 0 radical (unpaired) electrons. The fourth-order valence-electron chi connectivity index (χ4n) is 1.63. The highest BCUT2D eigenvalue weighted by Gasteiger charge is 2.13. The van der Waals surface area contributed by atoms with Gasteiger partial charge in [0, 0.05) is 5.56 Å². The molecule has 0 aliphatic rings. The zero-order valence-corrected chi connectivity index (χ0v) is 10.9. The highest BCUT2D eigenvalue weighted by Crippen LogP contribution is 2.21. The van der Waals surface area contributed by atoms with E-state index in [0.717, 1.165) is 29.1 Å². The van der Waals surface area contributed by atoms with Crippen LogP contribution in [0.2, 0.25) is 0 Å². The fraction of sp³-hybridized carbons (Fsp3) is 0.545. The van der Waals surface area contributed by atoms with Crippen molar-refractivity contribution in [2.24, 2.45) is 0 Å². The average molecular weight is 255 g/mol. The molecule has 6 heteroatoms. The van der Waals surface area contributed by atoms with Crippen LogP contribution in [0.3, 0.4) is 0 Å². The molecule has 0 spiro atoms. The van der Waals surface area contributed by atoms with Gasteiger partial charge in [-0.1, -0.05) is 17.3 Å². The van der Waals surface area contributed by atoms with E-state index in [-0.39, 0.29) is 5.38 Å². The summed E-state index contributed by atoms with van der Waals surface area (Å²) >= 11 is 6.10. The highest BCUT2D eigenvalue weighted by molar-refractivity contribution is 6.20. The van der Waals surface area contributed by atoms with Crippen LogP contribution < -0.4 is 0 Å². The first-order valence-corrected chi connectivity index (χ1v) is 6.01. The molecule has 1 atom stereocenters. The molecule has 0 amide bonds. The van der Waals surface area contributed by atoms with E-state index in [1.807, 2.05) is 27.0 Å². The summed E-state index contributed by atoms with van der Waals surface area (Å²) in [5, 5.41) is 11.9. The lowest BCUT2D eigenvalue weighted by molar-refractivity contribution is 0.391. The molecule has 0 aliphatic heterocycles. The molecule has 0 fully saturated rings. The van der Waals surface area contributed by atoms with Crippen LogP contribution in [0.25, 0.3) is 0 Å². The monoisotopic (exact) mass is 254 g/mol. The summed E-state index contributed by atoms with van der Waals surface area (Å²) in [6, 6.07) is 0. The molecule has 2 heterocycles. The molecule has 2 aromatic heterocycles. The second kappa shape index (κ2) is 4.87. The van der Waals surface area contributed by atoms with Crippen LogP contribution in [0.15, 0.2) is 10.7 Å². The van der Waals surface area contributed by atoms with Gasteiger partial charge in [-0.2, -0.15) is 0 Å². The number of hydrogen-bond acceptors (Lipinski definition) is 4. The van der Waals surface area contributed by atoms with Crippen molar-refractivity contribution >= 4 is 11.6 Å². The van der Waals surface area contributed by atoms with Gasteiger partial charge in [0.1, 0.15) is 11.5 Å². The summed E-state index contributed by atoms with van der Waals surface area (Å²) in [5.41, 5.74) is 2.74. The third-order valence-electron chi connectivity index (χ3n) is 2.74. The Bertz CT molecular complexity index is 486. The number of alkyl halides is 1. The Morgan fingerprint density at radius 2 is 2.24 bits per heavy atom. The average Bonchev–Trinajstić information content (AvgIpc) is 2.90. The standard InChI is InChI=1S/C11H15ClN4O/c1-4-10(12)11-6-16(15-13-11)5-9-7(2)14-17-8(9)3/h6,10H,4-5H2,1-3H3. The molecule has 0 saturated heterocycles. The van der Waals surface area contributed by atoms with Crippen LogP contribution in [-0.2, 0) is 6.54 Å². The maximum atomic E-state index is 6.10. The predicted octanol–water partition coefficient (Wildman–Crippen LogP) is 2.62. The zero-order valence-electron chi connectivity index (χ0n) is 10.1. The molecule has 2 rings (SSSR count). The molecular weight excluding hydrogens is 240 g/mol. The largest absolute Gasteiger partial charge is 0.361 e. The Hall–Kier alpha value is -1.36. The lowest BCUT2D eigenvalue weighted by atomic mass is 10.2. The third kappa shape index (κ3) is 2.49. The van der Waals surface area contributed by atoms with Crippen LogP contribution in [0.4, 0.5) is 0 Å². The molecule has 0 bridgehead atoms. The van der Waals surface area contributed by atoms with Crippen LogP contribution >= 0.6 is 11.6 Å². The van der Waals surface area contributed by atoms with E-state index in [1.165, 1.54) is 0 Å². The van der Waals surface area contributed by atoms with Crippen LogP contribution in [0.1, 0.15) is 41.4 Å². The Kier molecular flexibility index (Phi) is 3.47. The molecule has 5 nitrogen and oxygen atoms in total. The molecule has 0 N–H and O–H groups in total. The van der Waals surface area contributed by atoms with Crippen molar-refractivity contribution in [1.82, 2.24) is 20.2 Å². The van der Waals surface area contributed by atoms with Crippen LogP contribution in [0.5, 0.6) is 0 Å². The quantitative estimate of drug-likeness (QED) is 0.787. The Balaban J connectivity index is 2.17. The van der Waals surface area contributed by atoms with E-state index < -0.39 is 0 Å². The van der Waals surface area contributed by atoms with Gasteiger partial charge in [0.05, 0.1) is 23.8 Å². The maximum absolute atomic E-state index is 6.10. The summed E-state index contributed by atoms with van der Waals surface area (Å²) in [7, 11) is 0. The number of halogens is 1. The minimum Gasteiger partial charge on any atom is -0.361 e. The van der Waals surface area contributed by atoms with Gasteiger partial charge in [0.2, 0.25) is 0 Å². The van der Waals surface area contributed by atoms with Gasteiger partial charge in [-0.3, -0.25) is 0 Å². The van der Waals surface area contributed by atoms with Gasteiger partial charge in [-0.15, -0.1) is 16.7 Å². The summed E-state index contributed by atoms with van der Waals surface area (Å²) < 4.78 is 6.86. The number of aryl methyl sites for hydroxylation is 2. The zero-order chi connectivity index (χ0) is 12.4. The van der Waals surface area contributed by atoms with Crippen molar-refractivity contribution < 1.29 is 4.52 Å². The van der Waals surface area contributed by atoms with E-state index in [9.17, 15) is 0 Å². The third-order valence-corrected chi connectivity index (χ3v) is 3.27. The van der Waals surface area contributed by atoms with E-state index in [0.29, 0.717) is 6.54 Å². The van der Waals surface area contributed by atoms with Crippen LogP contribution in [-0.4, -0.2) is 20.2 Å². The Labute approximate surface area is 105 Å². The van der Waals surface area contributed by atoms with Crippen molar-refractivity contribution in [3.8, 4) is 0 Å². The van der Waals surface area contributed by atoms with E-state index in [4.69, 9.17) is 16.1 Å². The summed E-state index contributed by atoms with van der Waals surface area (Å²) in [6.07, 6.45) is 2.71. The maximum Gasteiger partial charge on any atom is 0.138 e. The van der Waals surface area contributed by atoms with E-state index >= 15 is 0 Å². The van der Waals surface area contributed by atoms with Gasteiger partial charge >= 0.3 is 0 Å². The minimum absolute atomic E-state index is 0.0755. The topological polar surface area (TPSA) is 56.7 Å². The smallest absolute Gasteiger partial charge is 0.138 e. The molecule has 0 saturated carbocycles. The SMILES string of the molecule is CCC(Cl)c1cn(Cc2c(C)noc2C)nn1. The molecular formula is C11H15ClN4O. The molecule has 17 heavy (non-hydrogen) atoms. The first kappa shape index (κ1) is 12.1. The highest BCUT2D eigenvalue weighted by atomic mass is 35.5. The van der Waals surface area contributed by atoms with E-state index in [1.54, 1.807) is 4.68 Å². The lowest BCUT2D eigenvalue weighted by Crippen LogP contribution is -2.02. The number of nitrogens with zero attached hydrogens (tertiary/aromatic N) is 4. The number of aromatic nitrogens is 4. The molecule has 1 unspecified atom stereocenters.